The predicted octanol–water partition coefficient (Wildman–Crippen LogP) is 3.99. The van der Waals surface area contributed by atoms with E-state index in [0.29, 0.717) is 5.75 Å². The van der Waals surface area contributed by atoms with E-state index in [2.05, 4.69) is 10.5 Å². The molecule has 0 heterocycles. The summed E-state index contributed by atoms with van der Waals surface area (Å²) in [6.45, 7) is 3.80. The first-order valence-electron chi connectivity index (χ1n) is 8.67. The van der Waals surface area contributed by atoms with E-state index in [1.165, 1.54) is 0 Å². The van der Waals surface area contributed by atoms with Gasteiger partial charge in [0, 0.05) is 5.56 Å². The summed E-state index contributed by atoms with van der Waals surface area (Å²) in [5, 5.41) is 6.15. The zero-order valence-electron chi connectivity index (χ0n) is 15.7. The second kappa shape index (κ2) is 8.36. The van der Waals surface area contributed by atoms with E-state index in [1.807, 2.05) is 68.4 Å². The number of hydrazone groups is 1. The Bertz CT molecular complexity index is 976. The average molecular weight is 362 g/mol. The van der Waals surface area contributed by atoms with Crippen molar-refractivity contribution in [2.45, 2.75) is 13.8 Å². The second-order valence-electron chi connectivity index (χ2n) is 6.21. The lowest BCUT2D eigenvalue weighted by Crippen LogP contribution is -2.25. The van der Waals surface area contributed by atoms with Gasteiger partial charge in [-0.2, -0.15) is 5.10 Å². The fourth-order valence-corrected chi connectivity index (χ4v) is 2.95. The lowest BCUT2D eigenvalue weighted by Gasteiger charge is -2.11. The monoisotopic (exact) mass is 362 g/mol. The SMILES string of the molecule is COc1ccc2ccccc2c1C=NNC(=O)COc1c(C)cccc1C. The van der Waals surface area contributed by atoms with Gasteiger partial charge in [-0.3, -0.25) is 4.79 Å². The summed E-state index contributed by atoms with van der Waals surface area (Å²) in [6.07, 6.45) is 1.60. The Hall–Kier alpha value is -3.34. The van der Waals surface area contributed by atoms with E-state index in [9.17, 15) is 4.79 Å². The Morgan fingerprint density at radius 2 is 1.78 bits per heavy atom. The van der Waals surface area contributed by atoms with E-state index in [-0.39, 0.29) is 12.5 Å². The minimum atomic E-state index is -0.326. The van der Waals surface area contributed by atoms with Crippen molar-refractivity contribution >= 4 is 22.9 Å². The van der Waals surface area contributed by atoms with Gasteiger partial charge in [-0.15, -0.1) is 0 Å². The van der Waals surface area contributed by atoms with Crippen molar-refractivity contribution in [3.05, 3.63) is 71.3 Å². The largest absolute Gasteiger partial charge is 0.496 e. The van der Waals surface area contributed by atoms with Gasteiger partial charge in [-0.1, -0.05) is 48.5 Å². The first kappa shape index (κ1) is 18.5. The predicted molar refractivity (Wildman–Crippen MR) is 108 cm³/mol. The van der Waals surface area contributed by atoms with E-state index in [0.717, 1.165) is 33.2 Å². The first-order chi connectivity index (χ1) is 13.1. The molecule has 0 spiro atoms. The van der Waals surface area contributed by atoms with Gasteiger partial charge in [-0.25, -0.2) is 5.43 Å². The molecular formula is C22H22N2O3. The molecule has 3 rings (SSSR count). The summed E-state index contributed by atoms with van der Waals surface area (Å²) in [5.41, 5.74) is 5.30. The molecule has 1 amide bonds. The van der Waals surface area contributed by atoms with Crippen LogP contribution in [0.15, 0.2) is 59.7 Å². The second-order valence-corrected chi connectivity index (χ2v) is 6.21. The van der Waals surface area contributed by atoms with Crippen LogP contribution in [-0.4, -0.2) is 25.8 Å². The summed E-state index contributed by atoms with van der Waals surface area (Å²) < 4.78 is 11.1. The van der Waals surface area contributed by atoms with Gasteiger partial charge in [0.05, 0.1) is 13.3 Å². The highest BCUT2D eigenvalue weighted by Crippen LogP contribution is 2.26. The Labute approximate surface area is 158 Å². The molecular weight excluding hydrogens is 340 g/mol. The van der Waals surface area contributed by atoms with Gasteiger partial charge in [0.15, 0.2) is 6.61 Å². The van der Waals surface area contributed by atoms with Crippen LogP contribution in [0.5, 0.6) is 11.5 Å². The van der Waals surface area contributed by atoms with Crippen LogP contribution >= 0.6 is 0 Å². The van der Waals surface area contributed by atoms with Crippen molar-refractivity contribution in [1.29, 1.82) is 0 Å². The normalized spacial score (nSPS) is 10.9. The maximum Gasteiger partial charge on any atom is 0.277 e. The van der Waals surface area contributed by atoms with E-state index in [1.54, 1.807) is 13.3 Å². The number of nitrogens with one attached hydrogen (secondary N) is 1. The number of hydrogen-bond acceptors (Lipinski definition) is 4. The number of hydrogen-bond donors (Lipinski definition) is 1. The lowest BCUT2D eigenvalue weighted by atomic mass is 10.0. The Balaban J connectivity index is 1.69. The van der Waals surface area contributed by atoms with Crippen molar-refractivity contribution in [3.8, 4) is 11.5 Å². The summed E-state index contributed by atoms with van der Waals surface area (Å²) in [4.78, 5) is 12.1. The Kier molecular flexibility index (Phi) is 5.71. The number of fused-ring (bicyclic) bond motifs is 1. The van der Waals surface area contributed by atoms with Crippen LogP contribution in [0.25, 0.3) is 10.8 Å². The van der Waals surface area contributed by atoms with Crippen LogP contribution in [0.1, 0.15) is 16.7 Å². The van der Waals surface area contributed by atoms with Crippen molar-refractivity contribution in [2.75, 3.05) is 13.7 Å². The molecule has 0 fully saturated rings. The highest BCUT2D eigenvalue weighted by atomic mass is 16.5. The topological polar surface area (TPSA) is 59.9 Å². The van der Waals surface area contributed by atoms with Crippen molar-refractivity contribution in [1.82, 2.24) is 5.43 Å². The third kappa shape index (κ3) is 4.26. The Morgan fingerprint density at radius 1 is 1.04 bits per heavy atom. The maximum atomic E-state index is 12.1. The summed E-state index contributed by atoms with van der Waals surface area (Å²) in [6, 6.07) is 17.7. The number of ether oxygens (including phenoxy) is 2. The molecule has 0 aliphatic rings. The number of methoxy groups -OCH3 is 1. The molecule has 0 unspecified atom stereocenters. The molecule has 5 heteroatoms. The average Bonchev–Trinajstić information content (AvgIpc) is 2.67. The van der Waals surface area contributed by atoms with Gasteiger partial charge >= 0.3 is 0 Å². The van der Waals surface area contributed by atoms with Crippen LogP contribution in [-0.2, 0) is 4.79 Å². The fourth-order valence-electron chi connectivity index (χ4n) is 2.95. The molecule has 1 N–H and O–H groups in total. The minimum Gasteiger partial charge on any atom is -0.496 e. The smallest absolute Gasteiger partial charge is 0.277 e. The third-order valence-corrected chi connectivity index (χ3v) is 4.29. The molecule has 3 aromatic rings. The van der Waals surface area contributed by atoms with Gasteiger partial charge in [0.2, 0.25) is 0 Å². The molecule has 5 nitrogen and oxygen atoms in total. The van der Waals surface area contributed by atoms with Crippen molar-refractivity contribution < 1.29 is 14.3 Å². The zero-order valence-corrected chi connectivity index (χ0v) is 15.7. The Morgan fingerprint density at radius 3 is 2.52 bits per heavy atom. The molecule has 27 heavy (non-hydrogen) atoms. The maximum absolute atomic E-state index is 12.1. The summed E-state index contributed by atoms with van der Waals surface area (Å²) in [5.74, 6) is 1.10. The van der Waals surface area contributed by atoms with Gasteiger partial charge < -0.3 is 9.47 Å². The summed E-state index contributed by atoms with van der Waals surface area (Å²) >= 11 is 0. The molecule has 3 aromatic carbocycles. The molecule has 0 saturated heterocycles. The quantitative estimate of drug-likeness (QED) is 0.533. The summed E-state index contributed by atoms with van der Waals surface area (Å²) in [7, 11) is 1.61. The van der Waals surface area contributed by atoms with Crippen LogP contribution in [0.3, 0.4) is 0 Å². The van der Waals surface area contributed by atoms with E-state index in [4.69, 9.17) is 9.47 Å². The first-order valence-corrected chi connectivity index (χ1v) is 8.67. The number of aryl methyl sites for hydroxylation is 2. The zero-order chi connectivity index (χ0) is 19.2. The highest BCUT2D eigenvalue weighted by molar-refractivity contribution is 6.02. The molecule has 0 radical (unpaired) electrons. The van der Waals surface area contributed by atoms with Gasteiger partial charge in [0.1, 0.15) is 11.5 Å². The number of carbonyl (C=O) groups is 1. The number of carbonyl (C=O) groups excluding carboxylic acids is 1. The van der Waals surface area contributed by atoms with Crippen LogP contribution in [0.2, 0.25) is 0 Å². The van der Waals surface area contributed by atoms with Crippen LogP contribution < -0.4 is 14.9 Å². The van der Waals surface area contributed by atoms with Crippen molar-refractivity contribution in [3.63, 3.8) is 0 Å². The molecule has 0 saturated carbocycles. The van der Waals surface area contributed by atoms with Crippen LogP contribution in [0, 0.1) is 13.8 Å². The molecule has 0 aromatic heterocycles. The molecule has 0 aliphatic carbocycles. The minimum absolute atomic E-state index is 0.101. The number of nitrogens with zero attached hydrogens (tertiary/aromatic N) is 1. The lowest BCUT2D eigenvalue weighted by molar-refractivity contribution is -0.123. The van der Waals surface area contributed by atoms with E-state index < -0.39 is 0 Å². The third-order valence-electron chi connectivity index (χ3n) is 4.29. The van der Waals surface area contributed by atoms with E-state index >= 15 is 0 Å². The van der Waals surface area contributed by atoms with Gasteiger partial charge in [-0.05, 0) is 41.8 Å². The standard InChI is InChI=1S/C22H22N2O3/c1-15-7-6-8-16(2)22(15)27-14-21(25)24-23-13-19-18-10-5-4-9-17(18)11-12-20(19)26-3/h4-13H,14H2,1-3H3,(H,24,25). The number of rotatable bonds is 6. The van der Waals surface area contributed by atoms with Gasteiger partial charge in [0.25, 0.3) is 5.91 Å². The molecule has 0 bridgehead atoms. The molecule has 0 atom stereocenters. The number of benzene rings is 3. The van der Waals surface area contributed by atoms with Crippen molar-refractivity contribution in [2.24, 2.45) is 5.10 Å². The van der Waals surface area contributed by atoms with Crippen LogP contribution in [0.4, 0.5) is 0 Å². The highest BCUT2D eigenvalue weighted by Gasteiger charge is 2.08. The molecule has 0 aliphatic heterocycles. The molecule has 138 valence electrons. The number of para-hydroxylation sites is 1. The fraction of sp³-hybridized carbons (Fsp3) is 0.182. The number of amides is 1.